The lowest BCUT2D eigenvalue weighted by Gasteiger charge is -2.13. The molecule has 20 heavy (non-hydrogen) atoms. The summed E-state index contributed by atoms with van der Waals surface area (Å²) in [6.07, 6.45) is 0.331. The number of benzene rings is 1. The molecule has 0 spiro atoms. The van der Waals surface area contributed by atoms with E-state index in [-0.39, 0.29) is 17.2 Å². The molecule has 1 aliphatic heterocycles. The molecule has 1 aromatic carbocycles. The predicted octanol–water partition coefficient (Wildman–Crippen LogP) is 1.40. The van der Waals surface area contributed by atoms with Crippen LogP contribution >= 0.6 is 0 Å². The Morgan fingerprint density at radius 1 is 1.45 bits per heavy atom. The van der Waals surface area contributed by atoms with E-state index in [1.165, 1.54) is 12.1 Å². The number of nitrogens with one attached hydrogen (secondary N) is 1. The third-order valence-electron chi connectivity index (χ3n) is 3.68. The summed E-state index contributed by atoms with van der Waals surface area (Å²) in [4.78, 5) is 32.4. The molecule has 0 radical (unpaired) electrons. The third-order valence-corrected chi connectivity index (χ3v) is 3.68. The van der Waals surface area contributed by atoms with Gasteiger partial charge in [0.05, 0.1) is 5.52 Å². The molecule has 0 bridgehead atoms. The minimum atomic E-state index is -0.583. The molecule has 1 aliphatic rings. The molecule has 1 fully saturated rings. The van der Waals surface area contributed by atoms with Gasteiger partial charge in [-0.15, -0.1) is 0 Å². The number of likely N-dealkylation sites (N-methyl/N-ethyl adjacent to an activating group) is 1. The summed E-state index contributed by atoms with van der Waals surface area (Å²) in [5, 5.41) is -0.0343. The summed E-state index contributed by atoms with van der Waals surface area (Å²) in [7, 11) is 0. The van der Waals surface area contributed by atoms with Gasteiger partial charge in [-0.05, 0) is 19.1 Å². The Labute approximate surface area is 114 Å². The van der Waals surface area contributed by atoms with Crippen LogP contribution in [0.5, 0.6) is 0 Å². The molecule has 0 aliphatic carbocycles. The monoisotopic (exact) mass is 275 g/mol. The molecular weight excluding hydrogens is 261 g/mol. The van der Waals surface area contributed by atoms with Gasteiger partial charge in [-0.25, -0.2) is 9.37 Å². The highest BCUT2D eigenvalue weighted by Crippen LogP contribution is 2.25. The van der Waals surface area contributed by atoms with Crippen molar-refractivity contribution in [2.75, 3.05) is 13.1 Å². The number of amides is 1. The molecule has 1 amide bonds. The number of carbonyl (C=O) groups excluding carboxylic acids is 1. The number of carbonyl (C=O) groups is 1. The summed E-state index contributed by atoms with van der Waals surface area (Å²) in [5.41, 5.74) is -0.170. The molecule has 5 nitrogen and oxygen atoms in total. The van der Waals surface area contributed by atoms with E-state index < -0.39 is 11.4 Å². The number of halogens is 1. The van der Waals surface area contributed by atoms with E-state index in [9.17, 15) is 14.0 Å². The van der Waals surface area contributed by atoms with Crippen molar-refractivity contribution in [1.29, 1.82) is 0 Å². The van der Waals surface area contributed by atoms with E-state index in [4.69, 9.17) is 0 Å². The average molecular weight is 275 g/mol. The number of hydrogen-bond acceptors (Lipinski definition) is 3. The lowest BCUT2D eigenvalue weighted by molar-refractivity contribution is -0.127. The second-order valence-electron chi connectivity index (χ2n) is 4.92. The number of aromatic amines is 1. The molecule has 1 unspecified atom stereocenters. The average Bonchev–Trinajstić information content (AvgIpc) is 2.79. The van der Waals surface area contributed by atoms with Crippen molar-refractivity contribution in [3.63, 3.8) is 0 Å². The van der Waals surface area contributed by atoms with Gasteiger partial charge in [0.2, 0.25) is 5.91 Å². The number of H-pyrrole nitrogens is 1. The first kappa shape index (κ1) is 12.8. The Kier molecular flexibility index (Phi) is 3.00. The third kappa shape index (κ3) is 1.97. The summed E-state index contributed by atoms with van der Waals surface area (Å²) < 4.78 is 13.6. The largest absolute Gasteiger partial charge is 0.342 e. The van der Waals surface area contributed by atoms with Crippen LogP contribution in [-0.2, 0) is 4.79 Å². The number of fused-ring (bicyclic) bond motifs is 1. The van der Waals surface area contributed by atoms with Crippen molar-refractivity contribution in [1.82, 2.24) is 14.9 Å². The van der Waals surface area contributed by atoms with Crippen molar-refractivity contribution in [2.45, 2.75) is 19.3 Å². The van der Waals surface area contributed by atoms with Crippen LogP contribution in [0.15, 0.2) is 23.0 Å². The maximum absolute atomic E-state index is 13.6. The van der Waals surface area contributed by atoms with E-state index in [1.54, 1.807) is 11.0 Å². The van der Waals surface area contributed by atoms with Crippen molar-refractivity contribution in [3.8, 4) is 0 Å². The van der Waals surface area contributed by atoms with Crippen LogP contribution in [0.1, 0.15) is 25.1 Å². The normalized spacial score (nSPS) is 19.0. The van der Waals surface area contributed by atoms with Gasteiger partial charge in [0.25, 0.3) is 5.56 Å². The van der Waals surface area contributed by atoms with E-state index in [2.05, 4.69) is 9.97 Å². The molecule has 2 aromatic rings. The first-order chi connectivity index (χ1) is 9.60. The first-order valence-corrected chi connectivity index (χ1v) is 6.56. The zero-order chi connectivity index (χ0) is 14.3. The second-order valence-corrected chi connectivity index (χ2v) is 4.92. The zero-order valence-corrected chi connectivity index (χ0v) is 11.0. The summed E-state index contributed by atoms with van der Waals surface area (Å²) in [5.74, 6) is -0.208. The Hall–Kier alpha value is -2.24. The van der Waals surface area contributed by atoms with Gasteiger partial charge in [0.15, 0.2) is 0 Å². The fourth-order valence-corrected chi connectivity index (χ4v) is 2.62. The highest BCUT2D eigenvalue weighted by Gasteiger charge is 2.31. The van der Waals surface area contributed by atoms with Crippen LogP contribution in [0.25, 0.3) is 10.9 Å². The van der Waals surface area contributed by atoms with Crippen molar-refractivity contribution >= 4 is 16.8 Å². The minimum absolute atomic E-state index is 0.0343. The maximum Gasteiger partial charge on any atom is 0.261 e. The van der Waals surface area contributed by atoms with Gasteiger partial charge >= 0.3 is 0 Å². The van der Waals surface area contributed by atoms with E-state index in [1.807, 2.05) is 6.92 Å². The van der Waals surface area contributed by atoms with Crippen LogP contribution in [0.2, 0.25) is 0 Å². The standard InChI is InChI=1S/C14H14FN3O2/c1-2-18-7-8(6-11(18)19)13-16-10-5-3-4-9(15)12(10)14(20)17-13/h3-5,8H,2,6-7H2,1H3,(H,16,17,20). The van der Waals surface area contributed by atoms with Crippen LogP contribution in [0.4, 0.5) is 4.39 Å². The smallest absolute Gasteiger partial charge is 0.261 e. The molecule has 6 heteroatoms. The Balaban J connectivity index is 2.06. The quantitative estimate of drug-likeness (QED) is 0.901. The zero-order valence-electron chi connectivity index (χ0n) is 11.0. The van der Waals surface area contributed by atoms with Crippen molar-refractivity contribution in [3.05, 3.63) is 40.2 Å². The second kappa shape index (κ2) is 4.70. The molecule has 1 atom stereocenters. The number of likely N-dealkylation sites (tertiary alicyclic amines) is 1. The molecule has 1 saturated heterocycles. The first-order valence-electron chi connectivity index (χ1n) is 6.56. The molecule has 2 heterocycles. The van der Waals surface area contributed by atoms with Crippen LogP contribution in [-0.4, -0.2) is 33.9 Å². The van der Waals surface area contributed by atoms with Crippen molar-refractivity contribution < 1.29 is 9.18 Å². The molecular formula is C14H14FN3O2. The van der Waals surface area contributed by atoms with Gasteiger partial charge < -0.3 is 9.88 Å². The molecule has 3 rings (SSSR count). The number of nitrogens with zero attached hydrogens (tertiary/aromatic N) is 2. The molecule has 104 valence electrons. The van der Waals surface area contributed by atoms with Gasteiger partial charge in [0, 0.05) is 25.4 Å². The summed E-state index contributed by atoms with van der Waals surface area (Å²) >= 11 is 0. The topological polar surface area (TPSA) is 66.1 Å². The lowest BCUT2D eigenvalue weighted by atomic mass is 10.1. The SMILES string of the molecule is CCN1CC(c2nc3cccc(F)c3c(=O)[nH]2)CC1=O. The molecule has 1 N–H and O–H groups in total. The summed E-state index contributed by atoms with van der Waals surface area (Å²) in [6.45, 7) is 3.09. The summed E-state index contributed by atoms with van der Waals surface area (Å²) in [6, 6.07) is 4.36. The Morgan fingerprint density at radius 2 is 2.25 bits per heavy atom. The van der Waals surface area contributed by atoms with Gasteiger partial charge in [-0.3, -0.25) is 9.59 Å². The van der Waals surface area contributed by atoms with Crippen LogP contribution in [0, 0.1) is 5.82 Å². The van der Waals surface area contributed by atoms with Crippen molar-refractivity contribution in [2.24, 2.45) is 0 Å². The van der Waals surface area contributed by atoms with Gasteiger partial charge in [0.1, 0.15) is 17.0 Å². The number of hydrogen-bond donors (Lipinski definition) is 1. The molecule has 0 saturated carbocycles. The maximum atomic E-state index is 13.6. The number of aromatic nitrogens is 2. The Bertz CT molecular complexity index is 741. The lowest BCUT2D eigenvalue weighted by Crippen LogP contribution is -2.24. The minimum Gasteiger partial charge on any atom is -0.342 e. The van der Waals surface area contributed by atoms with E-state index in [0.717, 1.165) is 0 Å². The number of rotatable bonds is 2. The van der Waals surface area contributed by atoms with Gasteiger partial charge in [-0.1, -0.05) is 6.07 Å². The van der Waals surface area contributed by atoms with Crippen LogP contribution < -0.4 is 5.56 Å². The van der Waals surface area contributed by atoms with E-state index >= 15 is 0 Å². The van der Waals surface area contributed by atoms with E-state index in [0.29, 0.717) is 30.9 Å². The highest BCUT2D eigenvalue weighted by molar-refractivity contribution is 5.80. The molecule has 1 aromatic heterocycles. The van der Waals surface area contributed by atoms with Gasteiger partial charge in [-0.2, -0.15) is 0 Å². The highest BCUT2D eigenvalue weighted by atomic mass is 19.1. The fourth-order valence-electron chi connectivity index (χ4n) is 2.62. The predicted molar refractivity (Wildman–Crippen MR) is 71.9 cm³/mol. The Morgan fingerprint density at radius 3 is 2.95 bits per heavy atom. The van der Waals surface area contributed by atoms with Crippen LogP contribution in [0.3, 0.4) is 0 Å². The fraction of sp³-hybridized carbons (Fsp3) is 0.357.